The fourth-order valence-corrected chi connectivity index (χ4v) is 2.70. The van der Waals surface area contributed by atoms with E-state index in [-0.39, 0.29) is 0 Å². The van der Waals surface area contributed by atoms with Crippen molar-refractivity contribution in [3.8, 4) is 0 Å². The number of hydrogen-bond donors (Lipinski definition) is 1. The second-order valence-corrected chi connectivity index (χ2v) is 5.46. The number of ether oxygens (including phenoxy) is 1. The molecule has 0 radical (unpaired) electrons. The molecule has 2 rings (SSSR count). The van der Waals surface area contributed by atoms with Crippen molar-refractivity contribution in [1.29, 1.82) is 0 Å². The number of methoxy groups -OCH3 is 1. The summed E-state index contributed by atoms with van der Waals surface area (Å²) in [5.41, 5.74) is 0. The predicted octanol–water partition coefficient (Wildman–Crippen LogP) is 2.51. The molecule has 0 aliphatic heterocycles. The van der Waals surface area contributed by atoms with E-state index in [4.69, 9.17) is 4.74 Å². The molecule has 0 saturated heterocycles. The van der Waals surface area contributed by atoms with Crippen LogP contribution in [0, 0.1) is 0 Å². The van der Waals surface area contributed by atoms with Crippen molar-refractivity contribution < 1.29 is 4.74 Å². The van der Waals surface area contributed by atoms with E-state index in [1.807, 2.05) is 13.3 Å². The second-order valence-electron chi connectivity index (χ2n) is 5.46. The highest BCUT2D eigenvalue weighted by Gasteiger charge is 2.24. The minimum absolute atomic E-state index is 0.414. The zero-order valence-corrected chi connectivity index (χ0v) is 11.7. The molecular formula is C14H25N3O. The first kappa shape index (κ1) is 13.6. The van der Waals surface area contributed by atoms with Gasteiger partial charge in [0.05, 0.1) is 12.6 Å². The van der Waals surface area contributed by atoms with Crippen LogP contribution < -0.4 is 5.32 Å². The second kappa shape index (κ2) is 6.34. The van der Waals surface area contributed by atoms with Gasteiger partial charge in [0.25, 0.3) is 0 Å². The summed E-state index contributed by atoms with van der Waals surface area (Å²) in [7, 11) is 1.82. The number of imidazole rings is 1. The minimum Gasteiger partial charge on any atom is -0.381 e. The molecule has 0 spiro atoms. The zero-order valence-electron chi connectivity index (χ0n) is 11.7. The third kappa shape index (κ3) is 3.33. The van der Waals surface area contributed by atoms with Crippen molar-refractivity contribution in [3.63, 3.8) is 0 Å². The van der Waals surface area contributed by atoms with Gasteiger partial charge in [-0.1, -0.05) is 13.8 Å². The molecule has 4 nitrogen and oxygen atoms in total. The molecule has 1 aromatic rings. The fourth-order valence-electron chi connectivity index (χ4n) is 2.70. The van der Waals surface area contributed by atoms with E-state index in [1.54, 1.807) is 0 Å². The highest BCUT2D eigenvalue weighted by atomic mass is 16.5. The summed E-state index contributed by atoms with van der Waals surface area (Å²) in [5, 5.41) is 3.44. The highest BCUT2D eigenvalue weighted by Crippen LogP contribution is 2.30. The lowest BCUT2D eigenvalue weighted by Crippen LogP contribution is -2.28. The molecule has 1 aliphatic carbocycles. The van der Waals surface area contributed by atoms with Crippen LogP contribution in [0.5, 0.6) is 0 Å². The van der Waals surface area contributed by atoms with E-state index >= 15 is 0 Å². The van der Waals surface area contributed by atoms with Crippen molar-refractivity contribution >= 4 is 0 Å². The Labute approximate surface area is 110 Å². The number of aromatic nitrogens is 2. The van der Waals surface area contributed by atoms with E-state index in [2.05, 4.69) is 34.9 Å². The Morgan fingerprint density at radius 3 is 3.06 bits per heavy atom. The van der Waals surface area contributed by atoms with Crippen molar-refractivity contribution in [2.24, 2.45) is 0 Å². The number of rotatable bonds is 5. The average Bonchev–Trinajstić information content (AvgIpc) is 2.84. The Morgan fingerprint density at radius 1 is 1.50 bits per heavy atom. The molecule has 2 unspecified atom stereocenters. The minimum atomic E-state index is 0.414. The molecule has 1 saturated carbocycles. The van der Waals surface area contributed by atoms with Crippen LogP contribution in [-0.2, 0) is 11.3 Å². The molecule has 1 heterocycles. The highest BCUT2D eigenvalue weighted by molar-refractivity contribution is 4.97. The van der Waals surface area contributed by atoms with Gasteiger partial charge in [0, 0.05) is 31.6 Å². The van der Waals surface area contributed by atoms with Gasteiger partial charge in [-0.3, -0.25) is 0 Å². The Kier molecular flexibility index (Phi) is 4.78. The molecule has 4 heteroatoms. The van der Waals surface area contributed by atoms with Crippen molar-refractivity contribution in [2.75, 3.05) is 7.11 Å². The molecule has 18 heavy (non-hydrogen) atoms. The standard InChI is InChI=1S/C14H25N3O/c1-11(2)16-10-14-15-7-8-17(14)12-5-4-6-13(9-12)18-3/h7-8,11-13,16H,4-6,9-10H2,1-3H3. The van der Waals surface area contributed by atoms with Gasteiger partial charge in [-0.05, 0) is 25.7 Å². The summed E-state index contributed by atoms with van der Waals surface area (Å²) in [6.07, 6.45) is 9.23. The summed E-state index contributed by atoms with van der Waals surface area (Å²) in [4.78, 5) is 4.47. The van der Waals surface area contributed by atoms with Crippen LogP contribution in [0.25, 0.3) is 0 Å². The summed E-state index contributed by atoms with van der Waals surface area (Å²) >= 11 is 0. The van der Waals surface area contributed by atoms with Crippen LogP contribution in [0.4, 0.5) is 0 Å². The summed E-state index contributed by atoms with van der Waals surface area (Å²) in [6, 6.07) is 1.04. The fraction of sp³-hybridized carbons (Fsp3) is 0.786. The van der Waals surface area contributed by atoms with Gasteiger partial charge in [0.15, 0.2) is 0 Å². The lowest BCUT2D eigenvalue weighted by Gasteiger charge is -2.30. The van der Waals surface area contributed by atoms with Crippen LogP contribution in [0.2, 0.25) is 0 Å². The lowest BCUT2D eigenvalue weighted by atomic mass is 9.92. The Morgan fingerprint density at radius 2 is 2.33 bits per heavy atom. The summed E-state index contributed by atoms with van der Waals surface area (Å²) < 4.78 is 7.84. The van der Waals surface area contributed by atoms with Gasteiger partial charge in [0.2, 0.25) is 0 Å². The molecule has 1 aromatic heterocycles. The molecule has 0 aromatic carbocycles. The van der Waals surface area contributed by atoms with Gasteiger partial charge in [-0.2, -0.15) is 0 Å². The SMILES string of the molecule is COC1CCCC(n2ccnc2CNC(C)C)C1. The summed E-state index contributed by atoms with van der Waals surface area (Å²) in [5.74, 6) is 1.14. The third-order valence-electron chi connectivity index (χ3n) is 3.74. The summed E-state index contributed by atoms with van der Waals surface area (Å²) in [6.45, 7) is 5.17. The molecule has 0 amide bonds. The van der Waals surface area contributed by atoms with Crippen molar-refractivity contribution in [2.45, 2.75) is 64.3 Å². The first-order valence-corrected chi connectivity index (χ1v) is 6.98. The van der Waals surface area contributed by atoms with Crippen LogP contribution in [0.3, 0.4) is 0 Å². The van der Waals surface area contributed by atoms with E-state index in [0.717, 1.165) is 18.8 Å². The molecule has 0 bridgehead atoms. The molecule has 1 N–H and O–H groups in total. The van der Waals surface area contributed by atoms with Gasteiger partial charge < -0.3 is 14.6 Å². The predicted molar refractivity (Wildman–Crippen MR) is 72.5 cm³/mol. The molecule has 1 fully saturated rings. The normalized spacial score (nSPS) is 24.7. The van der Waals surface area contributed by atoms with Gasteiger partial charge >= 0.3 is 0 Å². The van der Waals surface area contributed by atoms with Gasteiger partial charge in [-0.25, -0.2) is 4.98 Å². The van der Waals surface area contributed by atoms with Gasteiger partial charge in [-0.15, -0.1) is 0 Å². The molecule has 102 valence electrons. The number of nitrogens with zero attached hydrogens (tertiary/aromatic N) is 2. The number of hydrogen-bond acceptors (Lipinski definition) is 3. The topological polar surface area (TPSA) is 39.1 Å². The first-order valence-electron chi connectivity index (χ1n) is 6.98. The Bertz CT molecular complexity index is 362. The molecular weight excluding hydrogens is 226 g/mol. The Balaban J connectivity index is 2.01. The zero-order chi connectivity index (χ0) is 13.0. The maximum absolute atomic E-state index is 5.51. The van der Waals surface area contributed by atoms with E-state index in [9.17, 15) is 0 Å². The van der Waals surface area contributed by atoms with Crippen LogP contribution in [0.15, 0.2) is 12.4 Å². The van der Waals surface area contributed by atoms with E-state index in [0.29, 0.717) is 18.2 Å². The molecule has 2 atom stereocenters. The lowest BCUT2D eigenvalue weighted by molar-refractivity contribution is 0.0525. The largest absolute Gasteiger partial charge is 0.381 e. The monoisotopic (exact) mass is 251 g/mol. The maximum atomic E-state index is 5.51. The smallest absolute Gasteiger partial charge is 0.122 e. The van der Waals surface area contributed by atoms with E-state index in [1.165, 1.54) is 19.3 Å². The van der Waals surface area contributed by atoms with Crippen molar-refractivity contribution in [3.05, 3.63) is 18.2 Å². The third-order valence-corrected chi connectivity index (χ3v) is 3.74. The van der Waals surface area contributed by atoms with Gasteiger partial charge in [0.1, 0.15) is 5.82 Å². The van der Waals surface area contributed by atoms with Crippen LogP contribution in [0.1, 0.15) is 51.4 Å². The average molecular weight is 251 g/mol. The quantitative estimate of drug-likeness (QED) is 0.874. The van der Waals surface area contributed by atoms with Crippen LogP contribution in [-0.4, -0.2) is 28.8 Å². The molecule has 1 aliphatic rings. The first-order chi connectivity index (χ1) is 8.70. The van der Waals surface area contributed by atoms with Crippen molar-refractivity contribution in [1.82, 2.24) is 14.9 Å². The van der Waals surface area contributed by atoms with E-state index < -0.39 is 0 Å². The number of nitrogens with one attached hydrogen (secondary N) is 1. The maximum Gasteiger partial charge on any atom is 0.122 e. The Hall–Kier alpha value is -0.870. The van der Waals surface area contributed by atoms with Crippen LogP contribution >= 0.6 is 0 Å².